The average Bonchev–Trinajstić information content (AvgIpc) is 3.34. The van der Waals surface area contributed by atoms with Crippen LogP contribution in [0.5, 0.6) is 0 Å². The molecule has 0 aliphatic heterocycles. The second kappa shape index (κ2) is 8.83. The van der Waals surface area contributed by atoms with Crippen LogP contribution in [0, 0.1) is 35.5 Å². The molecule has 1 heteroatoms. The SMILES string of the molecule is C=CCCC[Si](C)(C1CCC2CCCCC21)C1C2CCCCC2C2CCCCC21. The summed E-state index contributed by atoms with van der Waals surface area (Å²) in [5, 5.41) is 0. The lowest BCUT2D eigenvalue weighted by Crippen LogP contribution is -2.48. The van der Waals surface area contributed by atoms with Gasteiger partial charge in [0.2, 0.25) is 0 Å². The van der Waals surface area contributed by atoms with Crippen molar-refractivity contribution in [1.29, 1.82) is 0 Å². The monoisotopic (exact) mass is 412 g/mol. The van der Waals surface area contributed by atoms with Crippen molar-refractivity contribution in [3.63, 3.8) is 0 Å². The molecule has 0 spiro atoms. The third-order valence-corrected chi connectivity index (χ3v) is 17.5. The summed E-state index contributed by atoms with van der Waals surface area (Å²) in [7, 11) is -1.29. The molecule has 0 N–H and O–H groups in total. The van der Waals surface area contributed by atoms with E-state index in [1.807, 2.05) is 0 Å². The van der Waals surface area contributed by atoms with Gasteiger partial charge in [-0.25, -0.2) is 0 Å². The highest BCUT2D eigenvalue weighted by Gasteiger charge is 2.60. The van der Waals surface area contributed by atoms with Crippen LogP contribution < -0.4 is 0 Å². The standard InChI is InChI=1S/C28H48Si/c1-3-4-11-20-29(2,27-19-18-21-12-5-6-13-22(21)27)28-25-16-9-7-14-23(25)24-15-8-10-17-26(24)28/h3,21-28H,1,4-20H2,2H3. The molecule has 0 aromatic heterocycles. The van der Waals surface area contributed by atoms with Gasteiger partial charge in [-0.3, -0.25) is 0 Å². The molecule has 0 amide bonds. The Balaban J connectivity index is 1.48. The molecular formula is C28H48Si. The van der Waals surface area contributed by atoms with Gasteiger partial charge in [-0.1, -0.05) is 102 Å². The van der Waals surface area contributed by atoms with Crippen molar-refractivity contribution in [1.82, 2.24) is 0 Å². The minimum Gasteiger partial charge on any atom is -0.103 e. The van der Waals surface area contributed by atoms with Crippen LogP contribution in [0.2, 0.25) is 23.7 Å². The first-order chi connectivity index (χ1) is 14.2. The maximum atomic E-state index is 4.09. The lowest BCUT2D eigenvalue weighted by atomic mass is 9.73. The largest absolute Gasteiger partial charge is 0.103 e. The Labute approximate surface area is 182 Å². The van der Waals surface area contributed by atoms with Gasteiger partial charge in [-0.05, 0) is 65.9 Å². The van der Waals surface area contributed by atoms with Crippen molar-refractivity contribution < 1.29 is 0 Å². The topological polar surface area (TPSA) is 0 Å². The third-order valence-electron chi connectivity index (χ3n) is 11.3. The highest BCUT2D eigenvalue weighted by Crippen LogP contribution is 2.68. The van der Waals surface area contributed by atoms with E-state index in [1.54, 1.807) is 95.9 Å². The molecule has 164 valence electrons. The number of allylic oxidation sites excluding steroid dienone is 1. The zero-order valence-corrected chi connectivity index (χ0v) is 20.4. The molecule has 0 heterocycles. The molecule has 0 bridgehead atoms. The van der Waals surface area contributed by atoms with Crippen molar-refractivity contribution in [2.24, 2.45) is 35.5 Å². The van der Waals surface area contributed by atoms with Gasteiger partial charge in [-0.15, -0.1) is 6.58 Å². The second-order valence-corrected chi connectivity index (χ2v) is 17.2. The molecule has 0 radical (unpaired) electrons. The van der Waals surface area contributed by atoms with E-state index in [0.717, 1.165) is 35.5 Å². The molecular weight excluding hydrogens is 364 g/mol. The van der Waals surface area contributed by atoms with E-state index in [-0.39, 0.29) is 0 Å². The van der Waals surface area contributed by atoms with Gasteiger partial charge < -0.3 is 0 Å². The van der Waals surface area contributed by atoms with Gasteiger partial charge in [0.05, 0.1) is 8.07 Å². The van der Waals surface area contributed by atoms with Crippen LogP contribution in [0.25, 0.3) is 0 Å². The van der Waals surface area contributed by atoms with Crippen LogP contribution >= 0.6 is 0 Å². The fourth-order valence-corrected chi connectivity index (χ4v) is 17.6. The summed E-state index contributed by atoms with van der Waals surface area (Å²) in [6.45, 7) is 7.08. The lowest BCUT2D eigenvalue weighted by Gasteiger charge is -2.49. The predicted octanol–water partition coefficient (Wildman–Crippen LogP) is 9.00. The molecule has 5 aliphatic rings. The van der Waals surface area contributed by atoms with Crippen LogP contribution in [0.1, 0.15) is 103 Å². The van der Waals surface area contributed by atoms with Crippen LogP contribution in [-0.2, 0) is 0 Å². The Bertz CT molecular complexity index is 547. The average molecular weight is 413 g/mol. The molecule has 8 unspecified atom stereocenters. The Hall–Kier alpha value is -0.0431. The van der Waals surface area contributed by atoms with Crippen molar-refractivity contribution in [2.75, 3.05) is 0 Å². The molecule has 29 heavy (non-hydrogen) atoms. The van der Waals surface area contributed by atoms with Crippen molar-refractivity contribution in [3.8, 4) is 0 Å². The van der Waals surface area contributed by atoms with E-state index in [4.69, 9.17) is 0 Å². The van der Waals surface area contributed by atoms with E-state index in [2.05, 4.69) is 19.2 Å². The molecule has 5 rings (SSSR count). The summed E-state index contributed by atoms with van der Waals surface area (Å²) >= 11 is 0. The number of fused-ring (bicyclic) bond motifs is 4. The molecule has 5 aliphatic carbocycles. The van der Waals surface area contributed by atoms with E-state index < -0.39 is 8.07 Å². The Morgan fingerprint density at radius 3 is 1.86 bits per heavy atom. The maximum absolute atomic E-state index is 4.09. The molecule has 8 atom stereocenters. The van der Waals surface area contributed by atoms with Crippen molar-refractivity contribution in [3.05, 3.63) is 12.7 Å². The van der Waals surface area contributed by atoms with Gasteiger partial charge in [-0.2, -0.15) is 0 Å². The van der Waals surface area contributed by atoms with Gasteiger partial charge in [0.15, 0.2) is 0 Å². The van der Waals surface area contributed by atoms with Crippen LogP contribution in [-0.4, -0.2) is 8.07 Å². The molecule has 5 fully saturated rings. The zero-order valence-electron chi connectivity index (χ0n) is 19.4. The first-order valence-corrected chi connectivity index (χ1v) is 16.7. The fourth-order valence-electron chi connectivity index (χ4n) is 10.4. The van der Waals surface area contributed by atoms with Gasteiger partial charge >= 0.3 is 0 Å². The summed E-state index contributed by atoms with van der Waals surface area (Å²) in [5.74, 6) is 6.88. The zero-order chi connectivity index (χ0) is 19.8. The Kier molecular flexibility index (Phi) is 6.35. The van der Waals surface area contributed by atoms with Crippen molar-refractivity contribution >= 4 is 8.07 Å². The first-order valence-electron chi connectivity index (χ1n) is 13.8. The van der Waals surface area contributed by atoms with E-state index >= 15 is 0 Å². The van der Waals surface area contributed by atoms with Crippen LogP contribution in [0.15, 0.2) is 12.7 Å². The number of hydrogen-bond acceptors (Lipinski definition) is 0. The van der Waals surface area contributed by atoms with Gasteiger partial charge in [0.25, 0.3) is 0 Å². The lowest BCUT2D eigenvalue weighted by molar-refractivity contribution is 0.184. The summed E-state index contributed by atoms with van der Waals surface area (Å²) in [6, 6.07) is 1.64. The molecule has 0 saturated heterocycles. The third kappa shape index (κ3) is 3.64. The van der Waals surface area contributed by atoms with Gasteiger partial charge in [0, 0.05) is 0 Å². The minimum absolute atomic E-state index is 1.13. The first kappa shape index (κ1) is 20.8. The Morgan fingerprint density at radius 2 is 1.24 bits per heavy atom. The number of unbranched alkanes of at least 4 members (excludes halogenated alkanes) is 1. The molecule has 0 aromatic carbocycles. The van der Waals surface area contributed by atoms with Crippen molar-refractivity contribution in [2.45, 2.75) is 126 Å². The number of hydrogen-bond donors (Lipinski definition) is 0. The predicted molar refractivity (Wildman–Crippen MR) is 129 cm³/mol. The van der Waals surface area contributed by atoms with E-state index in [0.29, 0.717) is 0 Å². The maximum Gasteiger partial charge on any atom is 0.0575 e. The molecule has 5 saturated carbocycles. The smallest absolute Gasteiger partial charge is 0.0575 e. The van der Waals surface area contributed by atoms with Crippen LogP contribution in [0.4, 0.5) is 0 Å². The minimum atomic E-state index is -1.29. The Morgan fingerprint density at radius 1 is 0.690 bits per heavy atom. The van der Waals surface area contributed by atoms with E-state index in [1.165, 1.54) is 23.9 Å². The number of rotatable bonds is 6. The fraction of sp³-hybridized carbons (Fsp3) is 0.929. The quantitative estimate of drug-likeness (QED) is 0.232. The highest BCUT2D eigenvalue weighted by atomic mass is 28.3. The molecule has 0 nitrogen and oxygen atoms in total. The second-order valence-electron chi connectivity index (χ2n) is 12.3. The summed E-state index contributed by atoms with van der Waals surface area (Å²) in [6.07, 6.45) is 27.2. The highest BCUT2D eigenvalue weighted by molar-refractivity contribution is 6.81. The van der Waals surface area contributed by atoms with E-state index in [9.17, 15) is 0 Å². The van der Waals surface area contributed by atoms with Crippen LogP contribution in [0.3, 0.4) is 0 Å². The molecule has 0 aromatic rings. The van der Waals surface area contributed by atoms with Gasteiger partial charge in [0.1, 0.15) is 0 Å². The summed E-state index contributed by atoms with van der Waals surface area (Å²) in [4.78, 5) is 0. The normalized spacial score (nSPS) is 46.4. The summed E-state index contributed by atoms with van der Waals surface area (Å²) < 4.78 is 0. The summed E-state index contributed by atoms with van der Waals surface area (Å²) in [5.41, 5.74) is 2.39.